The fraction of sp³-hybridized carbons (Fsp3) is 0. The topological polar surface area (TPSA) is 26.3 Å². The molecule has 0 aliphatic heterocycles. The monoisotopic (exact) mass is 666 g/mol. The molecule has 0 radical (unpaired) electrons. The van der Waals surface area contributed by atoms with Crippen LogP contribution in [0.5, 0.6) is 0 Å². The molecule has 2 nitrogen and oxygen atoms in total. The summed E-state index contributed by atoms with van der Waals surface area (Å²) in [6, 6.07) is 56.8. The first kappa shape index (κ1) is 27.4. The Labute approximate surface area is 295 Å². The van der Waals surface area contributed by atoms with Crippen molar-refractivity contribution in [2.24, 2.45) is 0 Å². The number of rotatable bonds is 2. The summed E-state index contributed by atoms with van der Waals surface area (Å²) in [6.45, 7) is 0. The number of hydrogen-bond acceptors (Lipinski definition) is 3. The van der Waals surface area contributed by atoms with E-state index in [1.165, 1.54) is 69.0 Å². The molecular weight excluding hydrogens is 641 g/mol. The normalized spacial score (nSPS) is 12.3. The van der Waals surface area contributed by atoms with Crippen LogP contribution in [-0.2, 0) is 0 Å². The van der Waals surface area contributed by atoms with Gasteiger partial charge in [0.05, 0.1) is 0 Å². The van der Waals surface area contributed by atoms with Gasteiger partial charge in [-0.15, -0.1) is 11.3 Å². The first-order chi connectivity index (χ1) is 25.3. The van der Waals surface area contributed by atoms with Crippen LogP contribution >= 0.6 is 11.3 Å². The lowest BCUT2D eigenvalue weighted by molar-refractivity contribution is 0.670. The van der Waals surface area contributed by atoms with Gasteiger partial charge >= 0.3 is 0 Å². The summed E-state index contributed by atoms with van der Waals surface area (Å²) in [5.41, 5.74) is 8.23. The number of fused-ring (bicyclic) bond motifs is 14. The Hall–Kier alpha value is -6.42. The summed E-state index contributed by atoms with van der Waals surface area (Å²) in [5, 5.41) is 14.5. The smallest absolute Gasteiger partial charge is 0.143 e. The Bertz CT molecular complexity index is 3370. The lowest BCUT2D eigenvalue weighted by Crippen LogP contribution is -1.91. The third-order valence-electron chi connectivity index (χ3n) is 10.9. The fourth-order valence-electron chi connectivity index (χ4n) is 8.73. The van der Waals surface area contributed by atoms with E-state index in [2.05, 4.69) is 152 Å². The van der Waals surface area contributed by atoms with E-state index in [1.807, 2.05) is 17.4 Å². The van der Waals surface area contributed by atoms with Crippen LogP contribution < -0.4 is 0 Å². The minimum Gasteiger partial charge on any atom is -0.455 e. The predicted octanol–water partition coefficient (Wildman–Crippen LogP) is 14.6. The molecule has 0 bridgehead atoms. The molecular formula is C48H26O2S. The van der Waals surface area contributed by atoms with Gasteiger partial charge in [-0.3, -0.25) is 0 Å². The minimum absolute atomic E-state index is 0.905. The highest BCUT2D eigenvalue weighted by Gasteiger charge is 2.23. The minimum atomic E-state index is 0.905. The van der Waals surface area contributed by atoms with Gasteiger partial charge in [0.2, 0.25) is 0 Å². The summed E-state index contributed by atoms with van der Waals surface area (Å²) >= 11 is 1.87. The van der Waals surface area contributed by atoms with E-state index in [1.54, 1.807) is 0 Å². The second-order valence-corrected chi connectivity index (χ2v) is 14.5. The molecule has 12 aromatic rings. The van der Waals surface area contributed by atoms with E-state index in [4.69, 9.17) is 8.83 Å². The number of hydrogen-bond donors (Lipinski definition) is 0. The van der Waals surface area contributed by atoms with Crippen LogP contribution in [0.25, 0.3) is 119 Å². The quantitative estimate of drug-likeness (QED) is 0.172. The van der Waals surface area contributed by atoms with Gasteiger partial charge in [0.25, 0.3) is 0 Å². The van der Waals surface area contributed by atoms with E-state index in [0.717, 1.165) is 49.6 Å². The molecule has 0 fully saturated rings. The molecule has 0 saturated heterocycles. The van der Waals surface area contributed by atoms with Crippen molar-refractivity contribution in [2.75, 3.05) is 0 Å². The Balaban J connectivity index is 1.19. The zero-order chi connectivity index (χ0) is 33.2. The molecule has 12 rings (SSSR count). The van der Waals surface area contributed by atoms with Crippen molar-refractivity contribution in [1.29, 1.82) is 0 Å². The lowest BCUT2D eigenvalue weighted by Gasteiger charge is -2.18. The summed E-state index contributed by atoms with van der Waals surface area (Å²) in [6.07, 6.45) is 0. The van der Waals surface area contributed by atoms with Crippen molar-refractivity contribution in [2.45, 2.75) is 0 Å². The van der Waals surface area contributed by atoms with Crippen LogP contribution in [0.3, 0.4) is 0 Å². The van der Waals surface area contributed by atoms with Crippen molar-refractivity contribution in [3.05, 3.63) is 158 Å². The SMILES string of the molecule is c1ccc2c(c1)ccc1c2sc2ccc3oc4c(-c5c6ccccc6c(-c6cccc7c6oc6ccccc67)c6ccccc56)cccc4c3c21. The predicted molar refractivity (Wildman–Crippen MR) is 217 cm³/mol. The van der Waals surface area contributed by atoms with Crippen LogP contribution in [0.2, 0.25) is 0 Å². The van der Waals surface area contributed by atoms with E-state index < -0.39 is 0 Å². The molecule has 3 heteroatoms. The number of thiophene rings is 1. The molecule has 0 aliphatic carbocycles. The molecule has 3 heterocycles. The fourth-order valence-corrected chi connectivity index (χ4v) is 9.98. The highest BCUT2D eigenvalue weighted by molar-refractivity contribution is 7.27. The van der Waals surface area contributed by atoms with Gasteiger partial charge < -0.3 is 8.83 Å². The molecule has 0 amide bonds. The highest BCUT2D eigenvalue weighted by atomic mass is 32.1. The first-order valence-electron chi connectivity index (χ1n) is 17.3. The van der Waals surface area contributed by atoms with E-state index >= 15 is 0 Å². The summed E-state index contributed by atoms with van der Waals surface area (Å²) in [4.78, 5) is 0. The van der Waals surface area contributed by atoms with Crippen molar-refractivity contribution >= 4 is 108 Å². The second kappa shape index (κ2) is 10.1. The maximum Gasteiger partial charge on any atom is 0.143 e. The maximum atomic E-state index is 6.95. The Morgan fingerprint density at radius 1 is 0.333 bits per heavy atom. The van der Waals surface area contributed by atoms with E-state index in [9.17, 15) is 0 Å². The van der Waals surface area contributed by atoms with E-state index in [0.29, 0.717) is 0 Å². The number of benzene rings is 9. The third kappa shape index (κ3) is 3.65. The van der Waals surface area contributed by atoms with Crippen LogP contribution in [0.1, 0.15) is 0 Å². The van der Waals surface area contributed by atoms with Crippen LogP contribution in [-0.4, -0.2) is 0 Å². The van der Waals surface area contributed by atoms with Gasteiger partial charge in [-0.2, -0.15) is 0 Å². The van der Waals surface area contributed by atoms with Crippen molar-refractivity contribution in [3.63, 3.8) is 0 Å². The Morgan fingerprint density at radius 3 is 1.59 bits per heavy atom. The summed E-state index contributed by atoms with van der Waals surface area (Å²) in [7, 11) is 0. The largest absolute Gasteiger partial charge is 0.455 e. The second-order valence-electron chi connectivity index (χ2n) is 13.5. The molecule has 0 unspecified atom stereocenters. The maximum absolute atomic E-state index is 6.95. The average molecular weight is 667 g/mol. The van der Waals surface area contributed by atoms with Crippen molar-refractivity contribution in [3.8, 4) is 22.3 Å². The van der Waals surface area contributed by atoms with Crippen molar-refractivity contribution < 1.29 is 8.83 Å². The van der Waals surface area contributed by atoms with Gasteiger partial charge in [0.1, 0.15) is 22.3 Å². The molecule has 9 aromatic carbocycles. The highest BCUT2D eigenvalue weighted by Crippen LogP contribution is 2.50. The molecule has 0 aliphatic rings. The molecule has 0 saturated carbocycles. The van der Waals surface area contributed by atoms with Gasteiger partial charge in [0.15, 0.2) is 0 Å². The van der Waals surface area contributed by atoms with Gasteiger partial charge in [0, 0.05) is 64.0 Å². The van der Waals surface area contributed by atoms with E-state index in [-0.39, 0.29) is 0 Å². The summed E-state index contributed by atoms with van der Waals surface area (Å²) in [5.74, 6) is 0. The Kier molecular flexibility index (Phi) is 5.41. The van der Waals surface area contributed by atoms with Crippen LogP contribution in [0.4, 0.5) is 0 Å². The molecule has 0 atom stereocenters. The Morgan fingerprint density at radius 2 is 0.882 bits per heavy atom. The van der Waals surface area contributed by atoms with Gasteiger partial charge in [-0.05, 0) is 50.5 Å². The third-order valence-corrected chi connectivity index (χ3v) is 12.1. The van der Waals surface area contributed by atoms with Crippen molar-refractivity contribution in [1.82, 2.24) is 0 Å². The first-order valence-corrected chi connectivity index (χ1v) is 18.2. The molecule has 0 N–H and O–H groups in total. The van der Waals surface area contributed by atoms with Gasteiger partial charge in [-0.25, -0.2) is 0 Å². The number of furan rings is 2. The summed E-state index contributed by atoms with van der Waals surface area (Å²) < 4.78 is 16.2. The molecule has 0 spiro atoms. The average Bonchev–Trinajstić information content (AvgIpc) is 3.88. The molecule has 3 aromatic heterocycles. The van der Waals surface area contributed by atoms with Crippen LogP contribution in [0, 0.1) is 0 Å². The molecule has 236 valence electrons. The van der Waals surface area contributed by atoms with Crippen LogP contribution in [0.15, 0.2) is 167 Å². The standard InChI is InChI=1S/C48H26O2S/c1-2-12-28-27(11-1)23-24-38-45-41(51-48(28)38)26-25-40-44(45)37-21-10-20-36(47(37)50-40)43-32-16-5-3-14-30(32)42(31-15-4-6-17-33(31)43)35-19-9-18-34-29-13-7-8-22-39(29)49-46(34)35/h1-26H. The lowest BCUT2D eigenvalue weighted by atomic mass is 9.85. The zero-order valence-electron chi connectivity index (χ0n) is 27.2. The zero-order valence-corrected chi connectivity index (χ0v) is 28.1. The molecule has 51 heavy (non-hydrogen) atoms. The van der Waals surface area contributed by atoms with Gasteiger partial charge in [-0.1, -0.05) is 140 Å². The number of para-hydroxylation sites is 3.